The van der Waals surface area contributed by atoms with Crippen LogP contribution in [0.4, 0.5) is 0 Å². The summed E-state index contributed by atoms with van der Waals surface area (Å²) in [5, 5.41) is 28.1. The van der Waals surface area contributed by atoms with Crippen LogP contribution in [-0.2, 0) is 4.79 Å². The Kier molecular flexibility index (Phi) is 7.59. The van der Waals surface area contributed by atoms with Crippen molar-refractivity contribution in [3.05, 3.63) is 35.4 Å². The molecule has 0 atom stereocenters. The van der Waals surface area contributed by atoms with Gasteiger partial charge in [0.05, 0.1) is 17.8 Å². The normalized spacial score (nSPS) is 15.0. The Morgan fingerprint density at radius 2 is 2.00 bits per heavy atom. The molecule has 1 aromatic rings. The number of rotatable bonds is 3. The van der Waals surface area contributed by atoms with Crippen LogP contribution in [0.2, 0.25) is 0 Å². The lowest BCUT2D eigenvalue weighted by molar-refractivity contribution is -0.138. The van der Waals surface area contributed by atoms with Crippen LogP contribution in [0.15, 0.2) is 29.4 Å². The van der Waals surface area contributed by atoms with E-state index in [4.69, 9.17) is 15.6 Å². The quantitative estimate of drug-likeness (QED) is 0.506. The van der Waals surface area contributed by atoms with E-state index < -0.39 is 5.97 Å². The van der Waals surface area contributed by atoms with Gasteiger partial charge >= 0.3 is 5.97 Å². The molecule has 1 aliphatic rings. The van der Waals surface area contributed by atoms with Crippen LogP contribution < -0.4 is 0 Å². The first-order valence-electron chi connectivity index (χ1n) is 7.05. The van der Waals surface area contributed by atoms with Crippen molar-refractivity contribution in [3.8, 4) is 6.07 Å². The number of hydrogen-bond acceptors (Lipinski definition) is 4. The molecule has 0 unspecified atom stereocenters. The van der Waals surface area contributed by atoms with Gasteiger partial charge in [0.15, 0.2) is 0 Å². The molecule has 0 amide bonds. The zero-order valence-corrected chi connectivity index (χ0v) is 11.9. The van der Waals surface area contributed by atoms with Gasteiger partial charge in [0.1, 0.15) is 0 Å². The molecule has 0 aromatic heterocycles. The molecule has 112 valence electrons. The van der Waals surface area contributed by atoms with Crippen molar-refractivity contribution in [1.82, 2.24) is 0 Å². The van der Waals surface area contributed by atoms with E-state index in [0.29, 0.717) is 23.5 Å². The zero-order valence-electron chi connectivity index (χ0n) is 11.9. The third kappa shape index (κ3) is 6.57. The highest BCUT2D eigenvalue weighted by atomic mass is 16.4. The Labute approximate surface area is 124 Å². The van der Waals surface area contributed by atoms with Crippen LogP contribution >= 0.6 is 0 Å². The van der Waals surface area contributed by atoms with Crippen molar-refractivity contribution >= 4 is 12.2 Å². The van der Waals surface area contributed by atoms with E-state index in [9.17, 15) is 4.79 Å². The number of nitrogens with zero attached hydrogens (tertiary/aromatic N) is 2. The van der Waals surface area contributed by atoms with Gasteiger partial charge in [-0.1, -0.05) is 42.6 Å². The highest BCUT2D eigenvalue weighted by molar-refractivity contribution is 5.82. The fraction of sp³-hybridized carbons (Fsp3) is 0.438. The molecule has 5 heteroatoms. The van der Waals surface area contributed by atoms with Gasteiger partial charge < -0.3 is 10.3 Å². The second-order valence-electron chi connectivity index (χ2n) is 5.05. The molecule has 0 saturated heterocycles. The smallest absolute Gasteiger partial charge is 0.303 e. The van der Waals surface area contributed by atoms with Crippen LogP contribution in [0.5, 0.6) is 0 Å². The van der Waals surface area contributed by atoms with E-state index in [-0.39, 0.29) is 0 Å². The maximum Gasteiger partial charge on any atom is 0.303 e. The number of carboxylic acid groups (broad SMARTS) is 1. The number of carbonyl (C=O) groups is 1. The molecule has 1 aromatic carbocycles. The summed E-state index contributed by atoms with van der Waals surface area (Å²) in [5.41, 5.74) is 1.13. The molecule has 5 nitrogen and oxygen atoms in total. The van der Waals surface area contributed by atoms with E-state index in [2.05, 4.69) is 5.16 Å². The molecule has 1 aliphatic carbocycles. The molecule has 0 bridgehead atoms. The third-order valence-corrected chi connectivity index (χ3v) is 3.47. The molecule has 0 heterocycles. The Hall–Kier alpha value is -2.35. The van der Waals surface area contributed by atoms with Crippen molar-refractivity contribution in [2.75, 3.05) is 0 Å². The topological polar surface area (TPSA) is 93.7 Å². The van der Waals surface area contributed by atoms with Gasteiger partial charge in [-0.05, 0) is 24.8 Å². The largest absolute Gasteiger partial charge is 0.481 e. The van der Waals surface area contributed by atoms with Crippen molar-refractivity contribution in [3.63, 3.8) is 0 Å². The van der Waals surface area contributed by atoms with Crippen LogP contribution in [0, 0.1) is 17.2 Å². The molecular formula is C16H20N2O3. The van der Waals surface area contributed by atoms with Gasteiger partial charge in [-0.15, -0.1) is 0 Å². The molecule has 21 heavy (non-hydrogen) atoms. The second kappa shape index (κ2) is 9.54. The summed E-state index contributed by atoms with van der Waals surface area (Å²) in [6, 6.07) is 8.88. The minimum Gasteiger partial charge on any atom is -0.481 e. The fourth-order valence-corrected chi connectivity index (χ4v) is 2.41. The monoisotopic (exact) mass is 288 g/mol. The number of aliphatic carboxylic acids is 1. The average molecular weight is 288 g/mol. The highest BCUT2D eigenvalue weighted by Gasteiger charge is 2.15. The van der Waals surface area contributed by atoms with Crippen LogP contribution in [0.3, 0.4) is 0 Å². The lowest BCUT2D eigenvalue weighted by Crippen LogP contribution is -2.10. The minimum absolute atomic E-state index is 0.389. The Morgan fingerprint density at radius 3 is 2.57 bits per heavy atom. The van der Waals surface area contributed by atoms with Crippen LogP contribution in [0.25, 0.3) is 0 Å². The summed E-state index contributed by atoms with van der Waals surface area (Å²) < 4.78 is 0. The van der Waals surface area contributed by atoms with E-state index in [1.807, 2.05) is 6.07 Å². The lowest BCUT2D eigenvalue weighted by Gasteiger charge is -2.18. The predicted octanol–water partition coefficient (Wildman–Crippen LogP) is 3.41. The van der Waals surface area contributed by atoms with Gasteiger partial charge in [0.25, 0.3) is 0 Å². The molecule has 0 aliphatic heterocycles. The molecule has 0 spiro atoms. The summed E-state index contributed by atoms with van der Waals surface area (Å²) >= 11 is 0. The summed E-state index contributed by atoms with van der Waals surface area (Å²) in [6.07, 6.45) is 7.66. The molecule has 1 saturated carbocycles. The van der Waals surface area contributed by atoms with E-state index in [1.165, 1.54) is 25.5 Å². The predicted molar refractivity (Wildman–Crippen MR) is 79.4 cm³/mol. The lowest BCUT2D eigenvalue weighted by atomic mass is 9.87. The van der Waals surface area contributed by atoms with Gasteiger partial charge in [0.2, 0.25) is 0 Å². The Balaban J connectivity index is 0.000000211. The van der Waals surface area contributed by atoms with Crippen molar-refractivity contribution in [1.29, 1.82) is 5.26 Å². The van der Waals surface area contributed by atoms with Crippen molar-refractivity contribution in [2.24, 2.45) is 11.1 Å². The van der Waals surface area contributed by atoms with Crippen molar-refractivity contribution < 1.29 is 15.1 Å². The third-order valence-electron chi connectivity index (χ3n) is 3.47. The van der Waals surface area contributed by atoms with Crippen LogP contribution in [0.1, 0.15) is 49.7 Å². The van der Waals surface area contributed by atoms with Gasteiger partial charge in [-0.25, -0.2) is 0 Å². The standard InChI is InChI=1S/C8H6N2O.C8H14O2/c9-5-7-3-1-2-4-8(7)6-10-11;9-8(10)6-7-4-2-1-3-5-7/h1-4,6,11H;7H,1-6H2,(H,9,10). The summed E-state index contributed by atoms with van der Waals surface area (Å²) in [6.45, 7) is 0. The first kappa shape index (κ1) is 16.7. The van der Waals surface area contributed by atoms with E-state index >= 15 is 0 Å². The number of carboxylic acids is 1. The first-order chi connectivity index (χ1) is 10.2. The Bertz CT molecular complexity index is 514. The SMILES string of the molecule is N#Cc1ccccc1C=NO.O=C(O)CC1CCCCC1. The molecule has 2 N–H and O–H groups in total. The maximum atomic E-state index is 10.3. The van der Waals surface area contributed by atoms with Crippen LogP contribution in [-0.4, -0.2) is 22.5 Å². The molecular weight excluding hydrogens is 268 g/mol. The molecule has 0 radical (unpaired) electrons. The molecule has 2 rings (SSSR count). The zero-order chi connectivity index (χ0) is 15.5. The summed E-state index contributed by atoms with van der Waals surface area (Å²) in [4.78, 5) is 10.3. The molecule has 1 fully saturated rings. The number of nitriles is 1. The minimum atomic E-state index is -0.632. The highest BCUT2D eigenvalue weighted by Crippen LogP contribution is 2.25. The summed E-state index contributed by atoms with van der Waals surface area (Å²) in [7, 11) is 0. The van der Waals surface area contributed by atoms with E-state index in [0.717, 1.165) is 12.8 Å². The maximum absolute atomic E-state index is 10.3. The van der Waals surface area contributed by atoms with Gasteiger partial charge in [0, 0.05) is 12.0 Å². The number of benzene rings is 1. The number of hydrogen-bond donors (Lipinski definition) is 2. The van der Waals surface area contributed by atoms with Crippen molar-refractivity contribution in [2.45, 2.75) is 38.5 Å². The second-order valence-corrected chi connectivity index (χ2v) is 5.05. The first-order valence-corrected chi connectivity index (χ1v) is 7.05. The summed E-state index contributed by atoms with van der Waals surface area (Å²) in [5.74, 6) is -0.154. The average Bonchev–Trinajstić information content (AvgIpc) is 2.49. The van der Waals surface area contributed by atoms with E-state index in [1.54, 1.807) is 24.3 Å². The fourth-order valence-electron chi connectivity index (χ4n) is 2.41. The Morgan fingerprint density at radius 1 is 1.33 bits per heavy atom. The van der Waals surface area contributed by atoms with Gasteiger partial charge in [-0.3, -0.25) is 4.79 Å². The van der Waals surface area contributed by atoms with Gasteiger partial charge in [-0.2, -0.15) is 5.26 Å². The number of oxime groups is 1.